The van der Waals surface area contributed by atoms with Gasteiger partial charge in [0.2, 0.25) is 11.8 Å². The lowest BCUT2D eigenvalue weighted by Gasteiger charge is -2.30. The molecule has 0 aliphatic carbocycles. The molecule has 1 N–H and O–H groups in total. The molecule has 8 heteroatoms. The Morgan fingerprint density at radius 3 is 2.63 bits per heavy atom. The highest BCUT2D eigenvalue weighted by Gasteiger charge is 2.27. The Bertz CT molecular complexity index is 952. The van der Waals surface area contributed by atoms with E-state index in [2.05, 4.69) is 10.1 Å². The number of aromatic nitrogens is 3. The van der Waals surface area contributed by atoms with E-state index >= 15 is 0 Å². The van der Waals surface area contributed by atoms with Crippen LogP contribution in [0.3, 0.4) is 0 Å². The average Bonchev–Trinajstić information content (AvgIpc) is 3.11. The zero-order valence-corrected chi connectivity index (χ0v) is 15.8. The highest BCUT2D eigenvalue weighted by molar-refractivity contribution is 5.76. The first kappa shape index (κ1) is 17.8. The first-order valence-electron chi connectivity index (χ1n) is 9.64. The molecular weight excluding hydrogens is 346 g/mol. The number of likely N-dealkylation sites (tertiary alicyclic amines) is 1. The number of H-pyrrole nitrogens is 1. The van der Waals surface area contributed by atoms with E-state index in [0.717, 1.165) is 37.3 Å². The van der Waals surface area contributed by atoms with Gasteiger partial charge < -0.3 is 9.80 Å². The molecule has 2 amide bonds. The molecule has 27 heavy (non-hydrogen) atoms. The quantitative estimate of drug-likeness (QED) is 0.854. The molecule has 0 aromatic carbocycles. The molecule has 2 aromatic heterocycles. The molecule has 1 fully saturated rings. The molecule has 0 saturated carbocycles. The second kappa shape index (κ2) is 6.83. The van der Waals surface area contributed by atoms with E-state index in [1.54, 1.807) is 11.8 Å². The summed E-state index contributed by atoms with van der Waals surface area (Å²) in [4.78, 5) is 44.8. The molecule has 4 rings (SSSR count). The third-order valence-corrected chi connectivity index (χ3v) is 5.82. The Kier molecular flexibility index (Phi) is 4.49. The maximum atomic E-state index is 13.0. The Labute approximate surface area is 157 Å². The first-order valence-corrected chi connectivity index (χ1v) is 9.64. The molecule has 144 valence electrons. The van der Waals surface area contributed by atoms with Crippen molar-refractivity contribution < 1.29 is 9.59 Å². The standard InChI is InChI=1S/C19H25N5O3/c1-3-18(26)23-9-6-15-14(11-23)19(27)24-17(20-15)10-16(21-24)13-4-7-22(8-5-13)12(2)25/h10,13,21H,3-9,11H2,1-2H3. The summed E-state index contributed by atoms with van der Waals surface area (Å²) in [6.45, 7) is 5.86. The van der Waals surface area contributed by atoms with Crippen LogP contribution in [0.25, 0.3) is 5.65 Å². The lowest BCUT2D eigenvalue weighted by Crippen LogP contribution is -2.40. The van der Waals surface area contributed by atoms with Crippen molar-refractivity contribution in [3.8, 4) is 0 Å². The van der Waals surface area contributed by atoms with Crippen LogP contribution >= 0.6 is 0 Å². The van der Waals surface area contributed by atoms with Gasteiger partial charge >= 0.3 is 0 Å². The Balaban J connectivity index is 1.63. The molecule has 0 radical (unpaired) electrons. The van der Waals surface area contributed by atoms with Crippen molar-refractivity contribution in [3.63, 3.8) is 0 Å². The number of amides is 2. The van der Waals surface area contributed by atoms with Gasteiger partial charge in [0.05, 0.1) is 17.8 Å². The summed E-state index contributed by atoms with van der Waals surface area (Å²) in [5, 5.41) is 3.22. The minimum atomic E-state index is -0.115. The molecule has 0 bridgehead atoms. The van der Waals surface area contributed by atoms with Crippen LogP contribution in [0.4, 0.5) is 0 Å². The van der Waals surface area contributed by atoms with Crippen LogP contribution in [0.15, 0.2) is 10.9 Å². The van der Waals surface area contributed by atoms with Crippen molar-refractivity contribution in [3.05, 3.63) is 33.4 Å². The molecule has 0 spiro atoms. The van der Waals surface area contributed by atoms with E-state index in [9.17, 15) is 14.4 Å². The Morgan fingerprint density at radius 1 is 1.22 bits per heavy atom. The Morgan fingerprint density at radius 2 is 1.96 bits per heavy atom. The monoisotopic (exact) mass is 371 g/mol. The minimum absolute atomic E-state index is 0.0644. The van der Waals surface area contributed by atoms with Crippen molar-refractivity contribution >= 4 is 17.5 Å². The van der Waals surface area contributed by atoms with Gasteiger partial charge in [0.25, 0.3) is 5.56 Å². The lowest BCUT2D eigenvalue weighted by atomic mass is 9.93. The van der Waals surface area contributed by atoms with Gasteiger partial charge in [-0.05, 0) is 12.8 Å². The summed E-state index contributed by atoms with van der Waals surface area (Å²) >= 11 is 0. The summed E-state index contributed by atoms with van der Waals surface area (Å²) < 4.78 is 1.51. The topological polar surface area (TPSA) is 90.8 Å². The van der Waals surface area contributed by atoms with Crippen molar-refractivity contribution in [2.45, 2.75) is 52.0 Å². The molecule has 2 aromatic rings. The van der Waals surface area contributed by atoms with Gasteiger partial charge in [-0.2, -0.15) is 0 Å². The zero-order valence-electron chi connectivity index (χ0n) is 15.8. The highest BCUT2D eigenvalue weighted by atomic mass is 16.2. The summed E-state index contributed by atoms with van der Waals surface area (Å²) in [6.07, 6.45) is 2.81. The van der Waals surface area contributed by atoms with Crippen molar-refractivity contribution in [1.82, 2.24) is 24.4 Å². The lowest BCUT2D eigenvalue weighted by molar-refractivity contribution is -0.132. The van der Waals surface area contributed by atoms with E-state index < -0.39 is 0 Å². The third kappa shape index (κ3) is 3.13. The highest BCUT2D eigenvalue weighted by Crippen LogP contribution is 2.27. The van der Waals surface area contributed by atoms with Crippen LogP contribution in [0.1, 0.15) is 56.0 Å². The zero-order chi connectivity index (χ0) is 19.1. The molecule has 2 aliphatic rings. The van der Waals surface area contributed by atoms with Crippen molar-refractivity contribution in [2.24, 2.45) is 0 Å². The summed E-state index contributed by atoms with van der Waals surface area (Å²) in [5.41, 5.74) is 2.93. The number of nitrogens with one attached hydrogen (secondary N) is 1. The van der Waals surface area contributed by atoms with Gasteiger partial charge in [-0.15, -0.1) is 0 Å². The first-order chi connectivity index (χ1) is 13.0. The van der Waals surface area contributed by atoms with E-state index in [1.807, 2.05) is 17.9 Å². The summed E-state index contributed by atoms with van der Waals surface area (Å²) in [5.74, 6) is 0.466. The van der Waals surface area contributed by atoms with Gasteiger partial charge in [-0.3, -0.25) is 19.5 Å². The van der Waals surface area contributed by atoms with Gasteiger partial charge in [-0.25, -0.2) is 9.50 Å². The Hall–Kier alpha value is -2.64. The molecule has 8 nitrogen and oxygen atoms in total. The second-order valence-corrected chi connectivity index (χ2v) is 7.45. The summed E-state index contributed by atoms with van der Waals surface area (Å²) in [6, 6.07) is 1.96. The van der Waals surface area contributed by atoms with Crippen LogP contribution in [-0.4, -0.2) is 55.8 Å². The molecule has 0 atom stereocenters. The van der Waals surface area contributed by atoms with Crippen LogP contribution in [0.5, 0.6) is 0 Å². The number of carbonyl (C=O) groups is 2. The van der Waals surface area contributed by atoms with Gasteiger partial charge in [-0.1, -0.05) is 6.92 Å². The third-order valence-electron chi connectivity index (χ3n) is 5.82. The maximum Gasteiger partial charge on any atom is 0.277 e. The number of hydrogen-bond acceptors (Lipinski definition) is 4. The average molecular weight is 371 g/mol. The fourth-order valence-corrected chi connectivity index (χ4v) is 4.15. The fraction of sp³-hybridized carbons (Fsp3) is 0.579. The van der Waals surface area contributed by atoms with E-state index in [0.29, 0.717) is 37.1 Å². The molecule has 1 saturated heterocycles. The van der Waals surface area contributed by atoms with E-state index in [4.69, 9.17) is 0 Å². The SMILES string of the molecule is CCC(=O)N1CCc2nc3cc(C4CCN(C(C)=O)CC4)[nH]n3c(=O)c2C1. The molecular formula is C19H25N5O3. The minimum Gasteiger partial charge on any atom is -0.343 e. The van der Waals surface area contributed by atoms with Gasteiger partial charge in [0, 0.05) is 57.1 Å². The van der Waals surface area contributed by atoms with Crippen molar-refractivity contribution in [2.75, 3.05) is 19.6 Å². The van der Waals surface area contributed by atoms with Crippen LogP contribution in [0.2, 0.25) is 0 Å². The van der Waals surface area contributed by atoms with Gasteiger partial charge in [0.15, 0.2) is 5.65 Å². The number of fused-ring (bicyclic) bond motifs is 2. The maximum absolute atomic E-state index is 13.0. The summed E-state index contributed by atoms with van der Waals surface area (Å²) in [7, 11) is 0. The van der Waals surface area contributed by atoms with Crippen LogP contribution in [-0.2, 0) is 22.6 Å². The second-order valence-electron chi connectivity index (χ2n) is 7.45. The number of aromatic amines is 1. The predicted octanol–water partition coefficient (Wildman–Crippen LogP) is 1.04. The van der Waals surface area contributed by atoms with Crippen LogP contribution in [0, 0.1) is 0 Å². The number of nitrogens with zero attached hydrogens (tertiary/aromatic N) is 4. The van der Waals surface area contributed by atoms with Crippen molar-refractivity contribution in [1.29, 1.82) is 0 Å². The predicted molar refractivity (Wildman–Crippen MR) is 99.5 cm³/mol. The largest absolute Gasteiger partial charge is 0.343 e. The number of hydrogen-bond donors (Lipinski definition) is 1. The molecule has 4 heterocycles. The number of piperidine rings is 1. The van der Waals surface area contributed by atoms with E-state index in [1.165, 1.54) is 4.52 Å². The normalized spacial score (nSPS) is 18.0. The molecule has 0 unspecified atom stereocenters. The molecule has 2 aliphatic heterocycles. The van der Waals surface area contributed by atoms with E-state index in [-0.39, 0.29) is 23.3 Å². The van der Waals surface area contributed by atoms with Gasteiger partial charge in [0.1, 0.15) is 0 Å². The number of rotatable bonds is 2. The fourth-order valence-electron chi connectivity index (χ4n) is 4.15. The smallest absolute Gasteiger partial charge is 0.277 e. The van der Waals surface area contributed by atoms with Crippen LogP contribution < -0.4 is 5.56 Å². The number of carbonyl (C=O) groups excluding carboxylic acids is 2.